The third-order valence-electron chi connectivity index (χ3n) is 2.00. The highest BCUT2D eigenvalue weighted by Gasteiger charge is 2.04. The van der Waals surface area contributed by atoms with Gasteiger partial charge in [0.25, 0.3) is 5.56 Å². The molecule has 0 aromatic carbocycles. The number of aromatic nitrogens is 3. The zero-order valence-electron chi connectivity index (χ0n) is 8.04. The van der Waals surface area contributed by atoms with Crippen LogP contribution in [0.15, 0.2) is 40.3 Å². The van der Waals surface area contributed by atoms with Crippen LogP contribution in [0.5, 0.6) is 0 Å². The zero-order valence-corrected chi connectivity index (χ0v) is 8.04. The lowest BCUT2D eigenvalue weighted by molar-refractivity contribution is 0.887. The van der Waals surface area contributed by atoms with Gasteiger partial charge in [-0.05, 0) is 12.1 Å². The molecule has 6 nitrogen and oxygen atoms in total. The monoisotopic (exact) mass is 214 g/mol. The second-order valence-corrected chi connectivity index (χ2v) is 2.99. The van der Waals surface area contributed by atoms with E-state index in [1.807, 2.05) is 0 Å². The molecule has 0 unspecified atom stereocenters. The minimum atomic E-state index is -0.683. The molecule has 0 radical (unpaired) electrons. The van der Waals surface area contributed by atoms with Gasteiger partial charge in [0.15, 0.2) is 0 Å². The van der Waals surface area contributed by atoms with Gasteiger partial charge in [-0.15, -0.1) is 0 Å². The Morgan fingerprint density at radius 3 is 2.62 bits per heavy atom. The van der Waals surface area contributed by atoms with Gasteiger partial charge in [0.1, 0.15) is 11.6 Å². The van der Waals surface area contributed by atoms with Crippen molar-refractivity contribution in [3.8, 4) is 11.8 Å². The molecule has 2 aromatic heterocycles. The number of hydrogen-bond acceptors (Lipinski definition) is 4. The Kier molecular flexibility index (Phi) is 2.36. The Hall–Kier alpha value is -2.68. The summed E-state index contributed by atoms with van der Waals surface area (Å²) in [4.78, 5) is 28.5. The van der Waals surface area contributed by atoms with Gasteiger partial charge in [-0.2, -0.15) is 5.26 Å². The van der Waals surface area contributed by atoms with Crippen molar-refractivity contribution in [2.24, 2.45) is 0 Å². The number of nitrogens with zero attached hydrogens (tertiary/aromatic N) is 3. The fourth-order valence-electron chi connectivity index (χ4n) is 1.25. The highest BCUT2D eigenvalue weighted by Crippen LogP contribution is 2.00. The van der Waals surface area contributed by atoms with Crippen LogP contribution in [0.1, 0.15) is 5.56 Å². The Balaban J connectivity index is 2.73. The van der Waals surface area contributed by atoms with Gasteiger partial charge in [0.05, 0.1) is 5.69 Å². The second-order valence-electron chi connectivity index (χ2n) is 2.99. The number of nitriles is 1. The molecule has 0 aliphatic rings. The molecule has 6 heteroatoms. The molecule has 0 spiro atoms. The van der Waals surface area contributed by atoms with E-state index < -0.39 is 11.2 Å². The maximum Gasteiger partial charge on any atom is 0.332 e. The number of H-pyrrole nitrogens is 1. The summed E-state index contributed by atoms with van der Waals surface area (Å²) in [5.74, 6) is 0. The molecule has 2 aromatic rings. The molecule has 0 fully saturated rings. The minimum Gasteiger partial charge on any atom is -0.273 e. The first-order valence-electron chi connectivity index (χ1n) is 4.39. The van der Waals surface area contributed by atoms with Crippen molar-refractivity contribution in [3.63, 3.8) is 0 Å². The first kappa shape index (κ1) is 9.86. The first-order valence-corrected chi connectivity index (χ1v) is 4.39. The summed E-state index contributed by atoms with van der Waals surface area (Å²) in [6.07, 6.45) is 4.23. The molecule has 0 aliphatic carbocycles. The first-order chi connectivity index (χ1) is 7.72. The van der Waals surface area contributed by atoms with E-state index >= 15 is 0 Å². The fourth-order valence-corrected chi connectivity index (χ4v) is 1.25. The van der Waals surface area contributed by atoms with Crippen LogP contribution in [0.2, 0.25) is 0 Å². The molecule has 0 bridgehead atoms. The van der Waals surface area contributed by atoms with Crippen LogP contribution in [-0.2, 0) is 0 Å². The number of nitrogens with one attached hydrogen (secondary N) is 1. The number of pyridine rings is 1. The average molecular weight is 214 g/mol. The topological polar surface area (TPSA) is 91.5 Å². The highest BCUT2D eigenvalue weighted by atomic mass is 16.2. The molecular weight excluding hydrogens is 208 g/mol. The molecule has 1 N–H and O–H groups in total. The van der Waals surface area contributed by atoms with E-state index in [-0.39, 0.29) is 5.56 Å². The Bertz CT molecular complexity index is 664. The molecule has 0 aliphatic heterocycles. The Morgan fingerprint density at radius 2 is 2.00 bits per heavy atom. The summed E-state index contributed by atoms with van der Waals surface area (Å²) >= 11 is 0. The number of aromatic amines is 1. The summed E-state index contributed by atoms with van der Waals surface area (Å²) in [6.45, 7) is 0. The van der Waals surface area contributed by atoms with Crippen molar-refractivity contribution in [1.82, 2.24) is 14.5 Å². The predicted molar refractivity (Wildman–Crippen MR) is 55.2 cm³/mol. The Labute approximate surface area is 89.4 Å². The van der Waals surface area contributed by atoms with Crippen LogP contribution in [0.3, 0.4) is 0 Å². The summed E-state index contributed by atoms with van der Waals surface area (Å²) < 4.78 is 1.18. The van der Waals surface area contributed by atoms with Crippen LogP contribution in [0.4, 0.5) is 0 Å². The molecule has 0 saturated carbocycles. The van der Waals surface area contributed by atoms with E-state index in [0.29, 0.717) is 5.69 Å². The third-order valence-corrected chi connectivity index (χ3v) is 2.00. The van der Waals surface area contributed by atoms with Crippen LogP contribution in [0.25, 0.3) is 5.69 Å². The van der Waals surface area contributed by atoms with Crippen molar-refractivity contribution in [2.75, 3.05) is 0 Å². The van der Waals surface area contributed by atoms with E-state index in [1.54, 1.807) is 18.2 Å². The summed E-state index contributed by atoms with van der Waals surface area (Å²) in [5, 5.41) is 8.68. The maximum absolute atomic E-state index is 11.5. The van der Waals surface area contributed by atoms with Crippen LogP contribution in [0, 0.1) is 11.3 Å². The number of hydrogen-bond donors (Lipinski definition) is 1. The van der Waals surface area contributed by atoms with E-state index in [1.165, 1.54) is 23.2 Å². The molecule has 2 rings (SSSR count). The van der Waals surface area contributed by atoms with Gasteiger partial charge in [0, 0.05) is 18.6 Å². The van der Waals surface area contributed by atoms with Gasteiger partial charge in [-0.3, -0.25) is 19.3 Å². The van der Waals surface area contributed by atoms with Crippen molar-refractivity contribution >= 4 is 0 Å². The lowest BCUT2D eigenvalue weighted by Gasteiger charge is -2.03. The zero-order chi connectivity index (χ0) is 11.5. The van der Waals surface area contributed by atoms with Gasteiger partial charge in [-0.25, -0.2) is 4.79 Å². The molecule has 0 atom stereocenters. The van der Waals surface area contributed by atoms with Crippen LogP contribution in [-0.4, -0.2) is 14.5 Å². The maximum atomic E-state index is 11.5. The van der Waals surface area contributed by atoms with E-state index in [0.717, 1.165) is 0 Å². The molecule has 0 amide bonds. The average Bonchev–Trinajstić information content (AvgIpc) is 2.30. The molecule has 78 valence electrons. The van der Waals surface area contributed by atoms with E-state index in [2.05, 4.69) is 9.97 Å². The number of rotatable bonds is 1. The van der Waals surface area contributed by atoms with Gasteiger partial charge < -0.3 is 0 Å². The molecule has 2 heterocycles. The molecular formula is C10H6N4O2. The second kappa shape index (κ2) is 3.82. The fraction of sp³-hybridized carbons (Fsp3) is 0. The lowest BCUT2D eigenvalue weighted by atomic mass is 10.3. The standard InChI is InChI=1S/C10H6N4O2/c11-5-7-6-14(10(16)13-9(7)15)8-1-3-12-4-2-8/h1-4,6H,(H,13,15,16). The van der Waals surface area contributed by atoms with Gasteiger partial charge in [-0.1, -0.05) is 0 Å². The van der Waals surface area contributed by atoms with Crippen molar-refractivity contribution in [1.29, 1.82) is 5.26 Å². The molecule has 0 saturated heterocycles. The van der Waals surface area contributed by atoms with Crippen molar-refractivity contribution < 1.29 is 0 Å². The van der Waals surface area contributed by atoms with Crippen molar-refractivity contribution in [2.45, 2.75) is 0 Å². The summed E-state index contributed by atoms with van der Waals surface area (Å²) in [5.41, 5.74) is -0.850. The van der Waals surface area contributed by atoms with Gasteiger partial charge in [0.2, 0.25) is 0 Å². The lowest BCUT2D eigenvalue weighted by Crippen LogP contribution is -2.30. The molecule has 16 heavy (non-hydrogen) atoms. The van der Waals surface area contributed by atoms with Crippen LogP contribution >= 0.6 is 0 Å². The Morgan fingerprint density at radius 1 is 1.31 bits per heavy atom. The van der Waals surface area contributed by atoms with E-state index in [4.69, 9.17) is 5.26 Å². The summed E-state index contributed by atoms with van der Waals surface area (Å²) in [6, 6.07) is 4.91. The smallest absolute Gasteiger partial charge is 0.273 e. The highest BCUT2D eigenvalue weighted by molar-refractivity contribution is 5.32. The minimum absolute atomic E-state index is 0.114. The van der Waals surface area contributed by atoms with Crippen molar-refractivity contribution in [3.05, 3.63) is 57.1 Å². The third kappa shape index (κ3) is 1.62. The van der Waals surface area contributed by atoms with E-state index in [9.17, 15) is 9.59 Å². The predicted octanol–water partition coefficient (Wildman–Crippen LogP) is -0.208. The quantitative estimate of drug-likeness (QED) is 0.711. The largest absolute Gasteiger partial charge is 0.332 e. The van der Waals surface area contributed by atoms with Crippen LogP contribution < -0.4 is 11.2 Å². The normalized spacial score (nSPS) is 9.69. The SMILES string of the molecule is N#Cc1cn(-c2ccncc2)c(=O)[nH]c1=O. The summed E-state index contributed by atoms with van der Waals surface area (Å²) in [7, 11) is 0. The van der Waals surface area contributed by atoms with Gasteiger partial charge >= 0.3 is 5.69 Å².